The third kappa shape index (κ3) is 3.24. The van der Waals surface area contributed by atoms with E-state index in [4.69, 9.17) is 9.47 Å². The molecule has 100 valence electrons. The Morgan fingerprint density at radius 1 is 1.28 bits per heavy atom. The molecule has 3 nitrogen and oxygen atoms in total. The summed E-state index contributed by atoms with van der Waals surface area (Å²) in [6.45, 7) is 2.04. The summed E-state index contributed by atoms with van der Waals surface area (Å²) in [6.07, 6.45) is 4.79. The van der Waals surface area contributed by atoms with Crippen LogP contribution in [0.5, 0.6) is 5.75 Å². The molecular weight excluding hydrogens is 228 g/mol. The second-order valence-electron chi connectivity index (χ2n) is 5.03. The normalized spacial score (nSPS) is 23.9. The molecule has 3 heteroatoms. The average molecular weight is 250 g/mol. The van der Waals surface area contributed by atoms with Crippen LogP contribution < -0.4 is 4.74 Å². The first kappa shape index (κ1) is 13.4. The average Bonchev–Trinajstić information content (AvgIpc) is 2.41. The molecule has 1 aromatic rings. The molecule has 0 spiro atoms. The van der Waals surface area contributed by atoms with Crippen molar-refractivity contribution in [2.24, 2.45) is 0 Å². The summed E-state index contributed by atoms with van der Waals surface area (Å²) in [4.78, 5) is 0. The van der Waals surface area contributed by atoms with E-state index in [9.17, 15) is 5.11 Å². The van der Waals surface area contributed by atoms with Gasteiger partial charge >= 0.3 is 0 Å². The van der Waals surface area contributed by atoms with E-state index in [-0.39, 0.29) is 12.7 Å². The van der Waals surface area contributed by atoms with Crippen LogP contribution in [0.3, 0.4) is 0 Å². The second-order valence-corrected chi connectivity index (χ2v) is 5.03. The molecule has 1 aliphatic carbocycles. The van der Waals surface area contributed by atoms with Crippen LogP contribution in [0, 0.1) is 6.92 Å². The molecular formula is C15H22O3. The van der Waals surface area contributed by atoms with Gasteiger partial charge in [-0.05, 0) is 32.3 Å². The molecule has 2 unspecified atom stereocenters. The van der Waals surface area contributed by atoms with Crippen LogP contribution in [-0.2, 0) is 11.3 Å². The van der Waals surface area contributed by atoms with Crippen LogP contribution in [0.2, 0.25) is 0 Å². The smallest absolute Gasteiger partial charge is 0.125 e. The monoisotopic (exact) mass is 250 g/mol. The molecule has 1 fully saturated rings. The molecule has 0 aliphatic heterocycles. The van der Waals surface area contributed by atoms with Crippen LogP contribution in [0.25, 0.3) is 0 Å². The quantitative estimate of drug-likeness (QED) is 0.893. The van der Waals surface area contributed by atoms with Gasteiger partial charge in [-0.25, -0.2) is 0 Å². The number of aliphatic hydroxyl groups excluding tert-OH is 1. The van der Waals surface area contributed by atoms with Crippen LogP contribution >= 0.6 is 0 Å². The van der Waals surface area contributed by atoms with Crippen molar-refractivity contribution in [1.82, 2.24) is 0 Å². The van der Waals surface area contributed by atoms with Gasteiger partial charge in [0.15, 0.2) is 0 Å². The number of aryl methyl sites for hydroxylation is 1. The SMILES string of the molecule is COC1CCCC(Oc2ccc(C)cc2CO)C1. The number of benzene rings is 1. The Morgan fingerprint density at radius 2 is 2.06 bits per heavy atom. The second kappa shape index (κ2) is 6.21. The molecule has 1 aromatic carbocycles. The Labute approximate surface area is 109 Å². The molecule has 0 radical (unpaired) electrons. The molecule has 2 rings (SSSR count). The maximum absolute atomic E-state index is 9.37. The van der Waals surface area contributed by atoms with Gasteiger partial charge in [-0.3, -0.25) is 0 Å². The highest BCUT2D eigenvalue weighted by Crippen LogP contribution is 2.27. The first-order valence-electron chi connectivity index (χ1n) is 6.62. The summed E-state index contributed by atoms with van der Waals surface area (Å²) in [5.41, 5.74) is 2.01. The summed E-state index contributed by atoms with van der Waals surface area (Å²) in [7, 11) is 1.76. The van der Waals surface area contributed by atoms with Gasteiger partial charge in [0.1, 0.15) is 11.9 Å². The predicted molar refractivity (Wildman–Crippen MR) is 70.8 cm³/mol. The van der Waals surface area contributed by atoms with E-state index >= 15 is 0 Å². The summed E-state index contributed by atoms with van der Waals surface area (Å²) in [5, 5.41) is 9.37. The molecule has 0 heterocycles. The molecule has 1 N–H and O–H groups in total. The minimum Gasteiger partial charge on any atom is -0.490 e. The molecule has 2 atom stereocenters. The van der Waals surface area contributed by atoms with E-state index in [1.807, 2.05) is 25.1 Å². The Kier molecular flexibility index (Phi) is 4.61. The van der Waals surface area contributed by atoms with E-state index in [0.717, 1.165) is 42.6 Å². The predicted octanol–water partition coefficient (Wildman–Crippen LogP) is 2.82. The number of hydrogen-bond acceptors (Lipinski definition) is 3. The highest BCUT2D eigenvalue weighted by molar-refractivity contribution is 5.36. The van der Waals surface area contributed by atoms with E-state index in [2.05, 4.69) is 0 Å². The van der Waals surface area contributed by atoms with Crippen LogP contribution in [0.1, 0.15) is 36.8 Å². The van der Waals surface area contributed by atoms with Gasteiger partial charge in [0.2, 0.25) is 0 Å². The van der Waals surface area contributed by atoms with Crippen molar-refractivity contribution < 1.29 is 14.6 Å². The van der Waals surface area contributed by atoms with Gasteiger partial charge < -0.3 is 14.6 Å². The minimum atomic E-state index is 0.0252. The molecule has 1 saturated carbocycles. The molecule has 0 bridgehead atoms. The molecule has 1 aliphatic rings. The molecule has 0 aromatic heterocycles. The maximum atomic E-state index is 9.37. The zero-order chi connectivity index (χ0) is 13.0. The standard InChI is InChI=1S/C15H22O3/c1-11-6-7-15(12(8-11)10-16)18-14-5-3-4-13(9-14)17-2/h6-8,13-14,16H,3-5,9-10H2,1-2H3. The van der Waals surface area contributed by atoms with Crippen molar-refractivity contribution in [2.45, 2.75) is 51.4 Å². The summed E-state index contributed by atoms with van der Waals surface area (Å²) in [5.74, 6) is 0.810. The largest absolute Gasteiger partial charge is 0.490 e. The minimum absolute atomic E-state index is 0.0252. The van der Waals surface area contributed by atoms with Crippen molar-refractivity contribution in [3.05, 3.63) is 29.3 Å². The van der Waals surface area contributed by atoms with Gasteiger partial charge in [-0.1, -0.05) is 17.7 Å². The number of hydrogen-bond donors (Lipinski definition) is 1. The molecule has 18 heavy (non-hydrogen) atoms. The van der Waals surface area contributed by atoms with Gasteiger partial charge in [-0.2, -0.15) is 0 Å². The Bertz CT molecular complexity index is 389. The third-order valence-electron chi connectivity index (χ3n) is 3.59. The van der Waals surface area contributed by atoms with Crippen molar-refractivity contribution in [3.63, 3.8) is 0 Å². The Hall–Kier alpha value is -1.06. The van der Waals surface area contributed by atoms with Crippen LogP contribution in [0.15, 0.2) is 18.2 Å². The summed E-state index contributed by atoms with van der Waals surface area (Å²) >= 11 is 0. The fraction of sp³-hybridized carbons (Fsp3) is 0.600. The highest BCUT2D eigenvalue weighted by atomic mass is 16.5. The highest BCUT2D eigenvalue weighted by Gasteiger charge is 2.23. The van der Waals surface area contributed by atoms with Crippen LogP contribution in [-0.4, -0.2) is 24.4 Å². The van der Waals surface area contributed by atoms with E-state index in [0.29, 0.717) is 6.10 Å². The topological polar surface area (TPSA) is 38.7 Å². The lowest BCUT2D eigenvalue weighted by atomic mass is 9.95. The zero-order valence-corrected chi connectivity index (χ0v) is 11.2. The van der Waals surface area contributed by atoms with Crippen LogP contribution in [0.4, 0.5) is 0 Å². The third-order valence-corrected chi connectivity index (χ3v) is 3.59. The van der Waals surface area contributed by atoms with Crippen molar-refractivity contribution in [1.29, 1.82) is 0 Å². The van der Waals surface area contributed by atoms with E-state index in [1.165, 1.54) is 0 Å². The lowest BCUT2D eigenvalue weighted by Gasteiger charge is -2.29. The van der Waals surface area contributed by atoms with E-state index < -0.39 is 0 Å². The Morgan fingerprint density at radius 3 is 2.78 bits per heavy atom. The zero-order valence-electron chi connectivity index (χ0n) is 11.2. The van der Waals surface area contributed by atoms with Gasteiger partial charge in [0.25, 0.3) is 0 Å². The summed E-state index contributed by atoms with van der Waals surface area (Å²) in [6, 6.07) is 5.95. The van der Waals surface area contributed by atoms with Crippen molar-refractivity contribution in [3.8, 4) is 5.75 Å². The van der Waals surface area contributed by atoms with Crippen molar-refractivity contribution in [2.75, 3.05) is 7.11 Å². The molecule has 0 saturated heterocycles. The van der Waals surface area contributed by atoms with Gasteiger partial charge in [0.05, 0.1) is 12.7 Å². The number of methoxy groups -OCH3 is 1. The number of rotatable bonds is 4. The fourth-order valence-corrected chi connectivity index (χ4v) is 2.55. The Balaban J connectivity index is 2.04. The fourth-order valence-electron chi connectivity index (χ4n) is 2.55. The lowest BCUT2D eigenvalue weighted by Crippen LogP contribution is -2.29. The van der Waals surface area contributed by atoms with Crippen molar-refractivity contribution >= 4 is 0 Å². The first-order valence-corrected chi connectivity index (χ1v) is 6.62. The van der Waals surface area contributed by atoms with Gasteiger partial charge in [-0.15, -0.1) is 0 Å². The van der Waals surface area contributed by atoms with Gasteiger partial charge in [0, 0.05) is 19.1 Å². The summed E-state index contributed by atoms with van der Waals surface area (Å²) < 4.78 is 11.4. The maximum Gasteiger partial charge on any atom is 0.125 e. The number of aliphatic hydroxyl groups is 1. The number of ether oxygens (including phenoxy) is 2. The molecule has 0 amide bonds. The first-order chi connectivity index (χ1) is 8.72. The lowest BCUT2D eigenvalue weighted by molar-refractivity contribution is 0.0203. The van der Waals surface area contributed by atoms with E-state index in [1.54, 1.807) is 7.11 Å².